The molecular formula is C14H18N6O. The summed E-state index contributed by atoms with van der Waals surface area (Å²) in [5, 5.41) is 6.65. The van der Waals surface area contributed by atoms with Crippen LogP contribution in [0.15, 0.2) is 45.3 Å². The quantitative estimate of drug-likeness (QED) is 0.484. The van der Waals surface area contributed by atoms with Gasteiger partial charge in [-0.25, -0.2) is 4.99 Å². The van der Waals surface area contributed by atoms with Crippen LogP contribution in [0, 0.1) is 6.92 Å². The second kappa shape index (κ2) is 7.30. The summed E-state index contributed by atoms with van der Waals surface area (Å²) < 4.78 is 5.53. The Bertz CT molecular complexity index is 605. The number of hydrazone groups is 1. The summed E-state index contributed by atoms with van der Waals surface area (Å²) in [6.07, 6.45) is 8.14. The van der Waals surface area contributed by atoms with E-state index in [0.717, 1.165) is 16.8 Å². The average Bonchev–Trinajstić information content (AvgIpc) is 2.49. The number of hydrogen-bond donors (Lipinski definition) is 2. The Labute approximate surface area is 123 Å². The first-order valence-corrected chi connectivity index (χ1v) is 6.47. The molecule has 3 N–H and O–H groups in total. The van der Waals surface area contributed by atoms with Gasteiger partial charge in [0.05, 0.1) is 24.7 Å². The van der Waals surface area contributed by atoms with Crippen LogP contribution in [0.25, 0.3) is 0 Å². The minimum absolute atomic E-state index is 0.209. The van der Waals surface area contributed by atoms with Crippen molar-refractivity contribution in [2.75, 3.05) is 6.61 Å². The summed E-state index contributed by atoms with van der Waals surface area (Å²) >= 11 is 0. The predicted molar refractivity (Wildman–Crippen MR) is 83.9 cm³/mol. The second-order valence-corrected chi connectivity index (χ2v) is 4.60. The number of aliphatic imine (C=N–C) groups is 2. The van der Waals surface area contributed by atoms with Crippen LogP contribution >= 0.6 is 0 Å². The van der Waals surface area contributed by atoms with Crippen molar-refractivity contribution in [1.29, 1.82) is 0 Å². The van der Waals surface area contributed by atoms with Gasteiger partial charge < -0.3 is 15.9 Å². The van der Waals surface area contributed by atoms with Crippen LogP contribution < -0.4 is 11.2 Å². The van der Waals surface area contributed by atoms with Gasteiger partial charge in [0.1, 0.15) is 5.71 Å². The molecule has 0 fully saturated rings. The topological polar surface area (TPSA) is 97.2 Å². The molecule has 1 atom stereocenters. The first kappa shape index (κ1) is 14.9. The van der Waals surface area contributed by atoms with E-state index >= 15 is 0 Å². The number of ether oxygens (including phenoxy) is 1. The lowest BCUT2D eigenvalue weighted by molar-refractivity contribution is 0.0731. The van der Waals surface area contributed by atoms with Crippen LogP contribution in [0.3, 0.4) is 0 Å². The lowest BCUT2D eigenvalue weighted by Crippen LogP contribution is -2.31. The molecule has 0 saturated heterocycles. The molecule has 2 rings (SSSR count). The van der Waals surface area contributed by atoms with E-state index in [9.17, 15) is 0 Å². The third-order valence-corrected chi connectivity index (χ3v) is 2.65. The van der Waals surface area contributed by atoms with Gasteiger partial charge in [0.25, 0.3) is 0 Å². The first-order valence-electron chi connectivity index (χ1n) is 6.47. The van der Waals surface area contributed by atoms with Crippen LogP contribution in [0.1, 0.15) is 12.5 Å². The fourth-order valence-electron chi connectivity index (χ4n) is 1.59. The van der Waals surface area contributed by atoms with Crippen molar-refractivity contribution in [3.05, 3.63) is 35.8 Å². The summed E-state index contributed by atoms with van der Waals surface area (Å²) in [4.78, 5) is 12.5. The zero-order valence-corrected chi connectivity index (χ0v) is 12.0. The van der Waals surface area contributed by atoms with Gasteiger partial charge in [-0.05, 0) is 31.1 Å². The number of aryl methyl sites for hydroxylation is 1. The molecule has 0 bridgehead atoms. The summed E-state index contributed by atoms with van der Waals surface area (Å²) in [6.45, 7) is 4.11. The van der Waals surface area contributed by atoms with Crippen molar-refractivity contribution in [1.82, 2.24) is 10.3 Å². The lowest BCUT2D eigenvalue weighted by Gasteiger charge is -2.16. The van der Waals surface area contributed by atoms with Crippen LogP contribution in [-0.4, -0.2) is 36.1 Å². The Balaban J connectivity index is 1.88. The molecule has 21 heavy (non-hydrogen) atoms. The Morgan fingerprint density at radius 2 is 2.33 bits per heavy atom. The van der Waals surface area contributed by atoms with Gasteiger partial charge in [-0.2, -0.15) is 5.10 Å². The van der Waals surface area contributed by atoms with Crippen molar-refractivity contribution in [2.24, 2.45) is 20.9 Å². The molecule has 0 saturated carbocycles. The number of aromatic nitrogens is 1. The summed E-state index contributed by atoms with van der Waals surface area (Å²) in [7, 11) is 0. The van der Waals surface area contributed by atoms with Gasteiger partial charge in [0.15, 0.2) is 0 Å². The summed E-state index contributed by atoms with van der Waals surface area (Å²) in [6, 6.07) is 1.92. The van der Waals surface area contributed by atoms with E-state index in [2.05, 4.69) is 25.4 Å². The molecule has 7 nitrogen and oxygen atoms in total. The molecule has 2 heterocycles. The van der Waals surface area contributed by atoms with E-state index in [1.165, 1.54) is 0 Å². The first-order chi connectivity index (χ1) is 10.2. The minimum atomic E-state index is -0.431. The highest BCUT2D eigenvalue weighted by atomic mass is 16.5. The molecule has 1 aromatic rings. The molecular weight excluding hydrogens is 268 g/mol. The largest absolute Gasteiger partial charge is 0.347 e. The van der Waals surface area contributed by atoms with E-state index in [1.807, 2.05) is 26.1 Å². The van der Waals surface area contributed by atoms with E-state index in [-0.39, 0.29) is 6.61 Å². The molecule has 0 aliphatic carbocycles. The number of nitrogens with one attached hydrogen (secondary N) is 1. The summed E-state index contributed by atoms with van der Waals surface area (Å²) in [5.41, 5.74) is 3.33. The number of rotatable bonds is 5. The van der Waals surface area contributed by atoms with E-state index in [1.54, 1.807) is 24.8 Å². The monoisotopic (exact) mass is 286 g/mol. The number of nitrogens with two attached hydrogens (primary N) is 1. The molecule has 1 aliphatic rings. The molecule has 0 amide bonds. The van der Waals surface area contributed by atoms with Crippen LogP contribution in [0.4, 0.5) is 5.69 Å². The fourth-order valence-corrected chi connectivity index (χ4v) is 1.59. The zero-order chi connectivity index (χ0) is 15.1. The Kier molecular flexibility index (Phi) is 5.16. The van der Waals surface area contributed by atoms with Gasteiger partial charge in [-0.3, -0.25) is 9.98 Å². The zero-order valence-electron chi connectivity index (χ0n) is 12.0. The van der Waals surface area contributed by atoms with Gasteiger partial charge in [0.2, 0.25) is 6.35 Å². The van der Waals surface area contributed by atoms with Crippen LogP contribution in [0.5, 0.6) is 0 Å². The lowest BCUT2D eigenvalue weighted by atomic mass is 10.3. The standard InChI is InChI=1S/C14H18N6O/c1-10-3-12(7-16-4-10)17-8-13(20-15)9-21-14-18-5-11(2)6-19-14/h3-8,14,18H,9,15H2,1-2H3. The Hall–Kier alpha value is -2.54. The smallest absolute Gasteiger partial charge is 0.225 e. The van der Waals surface area contributed by atoms with Crippen LogP contribution in [0.2, 0.25) is 0 Å². The molecule has 7 heteroatoms. The average molecular weight is 286 g/mol. The highest BCUT2D eigenvalue weighted by molar-refractivity contribution is 6.31. The van der Waals surface area contributed by atoms with Gasteiger partial charge in [0, 0.05) is 18.6 Å². The van der Waals surface area contributed by atoms with Crippen molar-refractivity contribution < 1.29 is 4.74 Å². The molecule has 110 valence electrons. The molecule has 1 aromatic heterocycles. The minimum Gasteiger partial charge on any atom is -0.347 e. The highest BCUT2D eigenvalue weighted by Crippen LogP contribution is 2.10. The Morgan fingerprint density at radius 3 is 3.00 bits per heavy atom. The molecule has 0 spiro atoms. The van der Waals surface area contributed by atoms with Crippen molar-refractivity contribution in [2.45, 2.75) is 20.2 Å². The number of pyridine rings is 1. The van der Waals surface area contributed by atoms with E-state index in [0.29, 0.717) is 5.71 Å². The van der Waals surface area contributed by atoms with E-state index < -0.39 is 6.35 Å². The second-order valence-electron chi connectivity index (χ2n) is 4.60. The molecule has 0 radical (unpaired) electrons. The van der Waals surface area contributed by atoms with Crippen molar-refractivity contribution >= 4 is 23.8 Å². The maximum Gasteiger partial charge on any atom is 0.225 e. The van der Waals surface area contributed by atoms with E-state index in [4.69, 9.17) is 10.6 Å². The van der Waals surface area contributed by atoms with Crippen molar-refractivity contribution in [3.8, 4) is 0 Å². The van der Waals surface area contributed by atoms with Crippen LogP contribution in [-0.2, 0) is 4.74 Å². The maximum atomic E-state index is 5.53. The Morgan fingerprint density at radius 1 is 1.48 bits per heavy atom. The maximum absolute atomic E-state index is 5.53. The number of hydrogen-bond acceptors (Lipinski definition) is 7. The predicted octanol–water partition coefficient (Wildman–Crippen LogP) is 1.29. The fraction of sp³-hybridized carbons (Fsp3) is 0.286. The van der Waals surface area contributed by atoms with Gasteiger partial charge in [-0.1, -0.05) is 0 Å². The number of allylic oxidation sites excluding steroid dienone is 1. The molecule has 1 aliphatic heterocycles. The molecule has 0 aromatic carbocycles. The highest BCUT2D eigenvalue weighted by Gasteiger charge is 2.08. The third-order valence-electron chi connectivity index (χ3n) is 2.65. The number of nitrogens with zero attached hydrogens (tertiary/aromatic N) is 4. The van der Waals surface area contributed by atoms with Gasteiger partial charge >= 0.3 is 0 Å². The van der Waals surface area contributed by atoms with Gasteiger partial charge in [-0.15, -0.1) is 0 Å². The SMILES string of the molecule is CC1=CNC(OCC(C=Nc2cncc(C)c2)=NN)N=C1. The normalized spacial score (nSPS) is 18.7. The molecule has 1 unspecified atom stereocenters. The third kappa shape index (κ3) is 4.81. The van der Waals surface area contributed by atoms with Crippen molar-refractivity contribution in [3.63, 3.8) is 0 Å². The summed E-state index contributed by atoms with van der Waals surface area (Å²) in [5.74, 6) is 5.33.